The van der Waals surface area contributed by atoms with Crippen molar-refractivity contribution in [3.63, 3.8) is 0 Å². The molecule has 6 nitrogen and oxygen atoms in total. The lowest BCUT2D eigenvalue weighted by Crippen LogP contribution is -2.34. The summed E-state index contributed by atoms with van der Waals surface area (Å²) in [7, 11) is 0. The van der Waals surface area contributed by atoms with Crippen LogP contribution in [0.2, 0.25) is 0 Å². The highest BCUT2D eigenvalue weighted by Crippen LogP contribution is 2.16. The molecule has 0 aromatic heterocycles. The summed E-state index contributed by atoms with van der Waals surface area (Å²) < 4.78 is 18.5. The van der Waals surface area contributed by atoms with Gasteiger partial charge in [0, 0.05) is 17.4 Å². The molecule has 2 rings (SSSR count). The normalized spacial score (nSPS) is 10.2. The highest BCUT2D eigenvalue weighted by Gasteiger charge is 2.07. The predicted octanol–water partition coefficient (Wildman–Crippen LogP) is 3.37. The van der Waals surface area contributed by atoms with E-state index < -0.39 is 11.7 Å². The fourth-order valence-electron chi connectivity index (χ4n) is 1.97. The minimum atomic E-state index is -0.523. The van der Waals surface area contributed by atoms with Gasteiger partial charge in [0.25, 0.3) is 5.91 Å². The number of hydrogen-bond acceptors (Lipinski definition) is 3. The average Bonchev–Trinajstić information content (AvgIpc) is 2.55. The van der Waals surface area contributed by atoms with Crippen molar-refractivity contribution < 1.29 is 18.7 Å². The van der Waals surface area contributed by atoms with Crippen LogP contribution in [0.1, 0.15) is 13.8 Å². The van der Waals surface area contributed by atoms with Gasteiger partial charge in [0.1, 0.15) is 0 Å². The second-order valence-electron chi connectivity index (χ2n) is 5.60. The van der Waals surface area contributed by atoms with Gasteiger partial charge in [-0.3, -0.25) is 4.79 Å². The molecule has 25 heavy (non-hydrogen) atoms. The van der Waals surface area contributed by atoms with Crippen molar-refractivity contribution in [1.29, 1.82) is 0 Å². The van der Waals surface area contributed by atoms with Crippen molar-refractivity contribution in [1.82, 2.24) is 5.32 Å². The maximum absolute atomic E-state index is 13.4. The Hall–Kier alpha value is -3.09. The lowest BCUT2D eigenvalue weighted by Gasteiger charge is -2.11. The fraction of sp³-hybridized carbons (Fsp3) is 0.222. The summed E-state index contributed by atoms with van der Waals surface area (Å²) in [6.45, 7) is 3.42. The van der Waals surface area contributed by atoms with Gasteiger partial charge in [-0.15, -0.1) is 0 Å². The maximum Gasteiger partial charge on any atom is 0.319 e. The van der Waals surface area contributed by atoms with Gasteiger partial charge in [-0.05, 0) is 50.2 Å². The van der Waals surface area contributed by atoms with Crippen LogP contribution in [0.15, 0.2) is 48.5 Å². The van der Waals surface area contributed by atoms with E-state index in [9.17, 15) is 14.0 Å². The Morgan fingerprint density at radius 1 is 1.00 bits per heavy atom. The van der Waals surface area contributed by atoms with E-state index in [0.717, 1.165) is 0 Å². The number of amides is 3. The second kappa shape index (κ2) is 8.68. The number of urea groups is 1. The zero-order valence-corrected chi connectivity index (χ0v) is 14.0. The van der Waals surface area contributed by atoms with Crippen molar-refractivity contribution in [2.75, 3.05) is 17.2 Å². The molecule has 0 aliphatic rings. The van der Waals surface area contributed by atoms with E-state index >= 15 is 0 Å². The lowest BCUT2D eigenvalue weighted by atomic mass is 10.3. The van der Waals surface area contributed by atoms with E-state index in [1.165, 1.54) is 12.1 Å². The van der Waals surface area contributed by atoms with Crippen LogP contribution in [0.4, 0.5) is 20.6 Å². The van der Waals surface area contributed by atoms with Gasteiger partial charge in [-0.1, -0.05) is 12.1 Å². The molecular formula is C18H20FN3O3. The fourth-order valence-corrected chi connectivity index (χ4v) is 1.97. The Balaban J connectivity index is 1.83. The Kier molecular flexibility index (Phi) is 6.33. The van der Waals surface area contributed by atoms with Gasteiger partial charge in [-0.2, -0.15) is 0 Å². The first-order chi connectivity index (χ1) is 11.9. The Morgan fingerprint density at radius 2 is 1.60 bits per heavy atom. The molecule has 2 aromatic carbocycles. The van der Waals surface area contributed by atoms with E-state index in [1.807, 2.05) is 13.8 Å². The third kappa shape index (κ3) is 6.14. The summed E-state index contributed by atoms with van der Waals surface area (Å²) in [5.74, 6) is -0.916. The standard InChI is InChI=1S/C18H20FN3O3/c1-12(2)20-18(24)22-14-9-7-13(8-10-14)21-17(23)11-25-16-6-4-3-5-15(16)19/h3-10,12H,11H2,1-2H3,(H,21,23)(H2,20,22,24). The summed E-state index contributed by atoms with van der Waals surface area (Å²) in [4.78, 5) is 23.4. The molecule has 0 heterocycles. The topological polar surface area (TPSA) is 79.5 Å². The molecule has 0 radical (unpaired) electrons. The van der Waals surface area contributed by atoms with E-state index in [-0.39, 0.29) is 24.4 Å². The SMILES string of the molecule is CC(C)NC(=O)Nc1ccc(NC(=O)COc2ccccc2F)cc1. The van der Waals surface area contributed by atoms with Crippen LogP contribution >= 0.6 is 0 Å². The van der Waals surface area contributed by atoms with E-state index in [4.69, 9.17) is 4.74 Å². The number of halogens is 1. The van der Waals surface area contributed by atoms with Gasteiger partial charge in [0.05, 0.1) is 0 Å². The van der Waals surface area contributed by atoms with Crippen LogP contribution in [0.3, 0.4) is 0 Å². The first kappa shape index (κ1) is 18.3. The maximum atomic E-state index is 13.4. The number of hydrogen-bond donors (Lipinski definition) is 3. The van der Waals surface area contributed by atoms with Crippen LogP contribution in [0, 0.1) is 5.82 Å². The Bertz CT molecular complexity index is 733. The van der Waals surface area contributed by atoms with Crippen molar-refractivity contribution in [2.24, 2.45) is 0 Å². The summed E-state index contributed by atoms with van der Waals surface area (Å²) >= 11 is 0. The Labute approximate surface area is 145 Å². The van der Waals surface area contributed by atoms with Crippen LogP contribution in [0.5, 0.6) is 5.75 Å². The molecule has 0 bridgehead atoms. The van der Waals surface area contributed by atoms with Crippen LogP contribution in [-0.4, -0.2) is 24.6 Å². The first-order valence-electron chi connectivity index (χ1n) is 7.79. The number of rotatable bonds is 6. The number of benzene rings is 2. The van der Waals surface area contributed by atoms with E-state index in [0.29, 0.717) is 11.4 Å². The molecule has 0 aliphatic carbocycles. The Morgan fingerprint density at radius 3 is 2.20 bits per heavy atom. The predicted molar refractivity (Wildman–Crippen MR) is 94.3 cm³/mol. The molecular weight excluding hydrogens is 325 g/mol. The van der Waals surface area contributed by atoms with Gasteiger partial charge >= 0.3 is 6.03 Å². The second-order valence-corrected chi connectivity index (χ2v) is 5.60. The zero-order chi connectivity index (χ0) is 18.2. The number of para-hydroxylation sites is 1. The molecule has 0 fully saturated rings. The zero-order valence-electron chi connectivity index (χ0n) is 14.0. The summed E-state index contributed by atoms with van der Waals surface area (Å²) in [5, 5.41) is 8.02. The van der Waals surface area contributed by atoms with E-state index in [1.54, 1.807) is 36.4 Å². The van der Waals surface area contributed by atoms with Crippen molar-refractivity contribution >= 4 is 23.3 Å². The molecule has 0 spiro atoms. The average molecular weight is 345 g/mol. The first-order valence-corrected chi connectivity index (χ1v) is 7.79. The molecule has 2 aromatic rings. The monoisotopic (exact) mass is 345 g/mol. The largest absolute Gasteiger partial charge is 0.481 e. The minimum absolute atomic E-state index is 0.0216. The quantitative estimate of drug-likeness (QED) is 0.751. The number of nitrogens with one attached hydrogen (secondary N) is 3. The van der Waals surface area contributed by atoms with Gasteiger partial charge in [0.2, 0.25) is 0 Å². The molecule has 132 valence electrons. The molecule has 0 atom stereocenters. The summed E-state index contributed by atoms with van der Waals surface area (Å²) in [5.41, 5.74) is 1.13. The number of ether oxygens (including phenoxy) is 1. The lowest BCUT2D eigenvalue weighted by molar-refractivity contribution is -0.118. The van der Waals surface area contributed by atoms with Crippen molar-refractivity contribution in [3.8, 4) is 5.75 Å². The van der Waals surface area contributed by atoms with Crippen molar-refractivity contribution in [3.05, 3.63) is 54.3 Å². The molecule has 0 saturated heterocycles. The highest BCUT2D eigenvalue weighted by atomic mass is 19.1. The summed E-state index contributed by atoms with van der Waals surface area (Å²) in [6.07, 6.45) is 0. The number of anilines is 2. The van der Waals surface area contributed by atoms with Gasteiger partial charge < -0.3 is 20.7 Å². The smallest absolute Gasteiger partial charge is 0.319 e. The summed E-state index contributed by atoms with van der Waals surface area (Å²) in [6, 6.07) is 12.2. The molecule has 7 heteroatoms. The number of carbonyl (C=O) groups is 2. The molecule has 3 amide bonds. The van der Waals surface area contributed by atoms with Crippen LogP contribution < -0.4 is 20.7 Å². The highest BCUT2D eigenvalue weighted by molar-refractivity contribution is 5.93. The molecule has 0 aliphatic heterocycles. The third-order valence-electron chi connectivity index (χ3n) is 3.04. The van der Waals surface area contributed by atoms with Crippen LogP contribution in [-0.2, 0) is 4.79 Å². The minimum Gasteiger partial charge on any atom is -0.481 e. The van der Waals surface area contributed by atoms with Crippen molar-refractivity contribution in [2.45, 2.75) is 19.9 Å². The van der Waals surface area contributed by atoms with Gasteiger partial charge in [-0.25, -0.2) is 9.18 Å². The van der Waals surface area contributed by atoms with Crippen LogP contribution in [0.25, 0.3) is 0 Å². The van der Waals surface area contributed by atoms with Gasteiger partial charge in [0.15, 0.2) is 18.2 Å². The molecule has 0 unspecified atom stereocenters. The molecule has 0 saturated carbocycles. The van der Waals surface area contributed by atoms with E-state index in [2.05, 4.69) is 16.0 Å². The number of carbonyl (C=O) groups excluding carboxylic acids is 2. The molecule has 3 N–H and O–H groups in total. The third-order valence-corrected chi connectivity index (χ3v) is 3.04.